The monoisotopic (exact) mass is 858 g/mol. The summed E-state index contributed by atoms with van der Waals surface area (Å²) in [7, 11) is 0. The maximum Gasteiger partial charge on any atom is 0.333 e. The molecule has 0 saturated heterocycles. The van der Waals surface area contributed by atoms with Crippen molar-refractivity contribution in [1.82, 2.24) is 0 Å². The van der Waals surface area contributed by atoms with Gasteiger partial charge in [0.25, 0.3) is 0 Å². The van der Waals surface area contributed by atoms with E-state index < -0.39 is 29.6 Å². The predicted molar refractivity (Wildman–Crippen MR) is 242 cm³/mol. The van der Waals surface area contributed by atoms with Gasteiger partial charge in [-0.2, -0.15) is 0 Å². The number of aliphatic hydroxyl groups excluding tert-OH is 2. The Labute approximate surface area is 369 Å². The van der Waals surface area contributed by atoms with Gasteiger partial charge in [0.1, 0.15) is 61.6 Å². The molecule has 11 nitrogen and oxygen atoms in total. The number of hydrogen-bond acceptors (Lipinski definition) is 11. The average Bonchev–Trinajstić information content (AvgIpc) is 3.29. The summed E-state index contributed by atoms with van der Waals surface area (Å²) >= 11 is 0. The quantitative estimate of drug-likeness (QED) is 0.0440. The van der Waals surface area contributed by atoms with Gasteiger partial charge in [0, 0.05) is 22.3 Å². The normalized spacial score (nSPS) is 16.9. The van der Waals surface area contributed by atoms with E-state index >= 15 is 0 Å². The maximum absolute atomic E-state index is 11.6. The molecule has 11 heteroatoms. The smallest absolute Gasteiger partial charge is 0.333 e. The number of fused-ring (bicyclic) bond motifs is 6. The molecule has 2 N–H and O–H groups in total. The van der Waals surface area contributed by atoms with E-state index in [4.69, 9.17) is 33.2 Å². The van der Waals surface area contributed by atoms with Gasteiger partial charge in [0.2, 0.25) is 0 Å². The zero-order valence-corrected chi connectivity index (χ0v) is 36.5. The Morgan fingerprint density at radius 2 is 1.13 bits per heavy atom. The van der Waals surface area contributed by atoms with Crippen LogP contribution in [-0.2, 0) is 34.0 Å². The molecule has 2 atom stereocenters. The van der Waals surface area contributed by atoms with Crippen molar-refractivity contribution >= 4 is 33.5 Å². The van der Waals surface area contributed by atoms with E-state index in [0.717, 1.165) is 49.7 Å². The van der Waals surface area contributed by atoms with Crippen molar-refractivity contribution in [1.29, 1.82) is 0 Å². The van der Waals surface area contributed by atoms with Gasteiger partial charge < -0.3 is 43.4 Å². The van der Waals surface area contributed by atoms with Crippen molar-refractivity contribution in [2.45, 2.75) is 76.4 Å². The van der Waals surface area contributed by atoms with Crippen LogP contribution in [0.4, 0.5) is 0 Å². The highest BCUT2D eigenvalue weighted by Crippen LogP contribution is 2.56. The van der Waals surface area contributed by atoms with Crippen molar-refractivity contribution in [3.8, 4) is 23.0 Å². The summed E-state index contributed by atoms with van der Waals surface area (Å²) in [5.74, 6) is 2.43. The van der Waals surface area contributed by atoms with Gasteiger partial charge >= 0.3 is 11.9 Å². The summed E-state index contributed by atoms with van der Waals surface area (Å²) in [5.41, 5.74) is 4.60. The number of aliphatic hydroxyl groups is 2. The first-order valence-corrected chi connectivity index (χ1v) is 21.8. The first-order chi connectivity index (χ1) is 30.4. The fraction of sp³-hybridized carbons (Fsp3) is 0.385. The number of rotatable bonds is 20. The molecule has 1 heterocycles. The van der Waals surface area contributed by atoms with Crippen molar-refractivity contribution in [3.63, 3.8) is 0 Å². The van der Waals surface area contributed by atoms with E-state index in [-0.39, 0.29) is 64.0 Å². The van der Waals surface area contributed by atoms with E-state index in [2.05, 4.69) is 68.6 Å². The van der Waals surface area contributed by atoms with Crippen molar-refractivity contribution in [2.24, 2.45) is 0 Å². The number of carbonyl (C=O) groups is 2. The van der Waals surface area contributed by atoms with Gasteiger partial charge in [-0.05, 0) is 109 Å². The lowest BCUT2D eigenvalue weighted by Crippen LogP contribution is -2.30. The molecule has 0 aromatic heterocycles. The Morgan fingerprint density at radius 3 is 1.59 bits per heavy atom. The van der Waals surface area contributed by atoms with Crippen LogP contribution in [-0.4, -0.2) is 87.2 Å². The molecular weight excluding hydrogens is 801 g/mol. The Kier molecular flexibility index (Phi) is 14.8. The van der Waals surface area contributed by atoms with Crippen molar-refractivity contribution < 1.29 is 53.0 Å². The van der Waals surface area contributed by atoms with Crippen LogP contribution in [0.3, 0.4) is 0 Å². The minimum absolute atomic E-state index is 0.00114. The second kappa shape index (κ2) is 20.6. The topological polar surface area (TPSA) is 139 Å². The number of carbonyl (C=O) groups excluding carboxylic acids is 2. The van der Waals surface area contributed by atoms with Gasteiger partial charge in [-0.25, -0.2) is 9.59 Å². The van der Waals surface area contributed by atoms with Crippen LogP contribution < -0.4 is 14.2 Å². The van der Waals surface area contributed by atoms with E-state index in [9.17, 15) is 19.8 Å². The maximum atomic E-state index is 11.6. The van der Waals surface area contributed by atoms with Crippen molar-refractivity contribution in [3.05, 3.63) is 131 Å². The summed E-state index contributed by atoms with van der Waals surface area (Å²) in [6.45, 7) is 13.1. The molecule has 0 radical (unpaired) electrons. The van der Waals surface area contributed by atoms with Crippen molar-refractivity contribution in [2.75, 3.05) is 52.9 Å². The standard InChI is InChI=1S/C52H58O11/c1-33(2)50(55)61-31-40(53)29-57-23-25-59-42-17-19-44-37(27-42)13-21-46-48(44)52(5,39-15-11-36(12-16-39)35-9-7-6-8-10-35)49-45-20-18-43(28-38(45)14-22-47(49)63-46)60-26-24-58-30-41(54)32-62-51(56)34(3)4/h11-22,27-28,35,40-41,53-54H,1,3,6-10,23-26,29-32H2,2,4-5H3. The van der Waals surface area contributed by atoms with E-state index in [1.54, 1.807) is 13.8 Å². The zero-order valence-electron chi connectivity index (χ0n) is 36.5. The second-order valence-corrected chi connectivity index (χ2v) is 16.7. The lowest BCUT2D eigenvalue weighted by molar-refractivity contribution is -0.143. The van der Waals surface area contributed by atoms with Crippen LogP contribution >= 0.6 is 0 Å². The molecule has 1 fully saturated rings. The van der Waals surface area contributed by atoms with E-state index in [0.29, 0.717) is 17.4 Å². The van der Waals surface area contributed by atoms with Gasteiger partial charge in [-0.1, -0.05) is 81.0 Å². The molecule has 2 aliphatic rings. The first kappa shape index (κ1) is 45.3. The van der Waals surface area contributed by atoms with E-state index in [1.807, 2.05) is 36.4 Å². The molecule has 2 unspecified atom stereocenters. The Bertz CT molecular complexity index is 2300. The van der Waals surface area contributed by atoms with Crippen LogP contribution in [0.25, 0.3) is 21.5 Å². The fourth-order valence-electron chi connectivity index (χ4n) is 8.58. The summed E-state index contributed by atoms with van der Waals surface area (Å²) in [6.07, 6.45) is 4.39. The van der Waals surface area contributed by atoms with Gasteiger partial charge in [0.05, 0.1) is 31.8 Å². The van der Waals surface area contributed by atoms with Gasteiger partial charge in [-0.3, -0.25) is 0 Å². The number of ether oxygens (including phenoxy) is 7. The number of benzene rings is 5. The molecule has 0 spiro atoms. The van der Waals surface area contributed by atoms with Gasteiger partial charge in [0.15, 0.2) is 0 Å². The third-order valence-electron chi connectivity index (χ3n) is 11.8. The highest BCUT2D eigenvalue weighted by molar-refractivity contribution is 5.97. The Hall–Kier alpha value is -5.72. The molecule has 1 aliphatic heterocycles. The minimum atomic E-state index is -0.954. The minimum Gasteiger partial charge on any atom is -0.491 e. The third-order valence-corrected chi connectivity index (χ3v) is 11.8. The fourth-order valence-corrected chi connectivity index (χ4v) is 8.58. The molecule has 1 saturated carbocycles. The highest BCUT2D eigenvalue weighted by Gasteiger charge is 2.42. The summed E-state index contributed by atoms with van der Waals surface area (Å²) in [5, 5.41) is 24.3. The zero-order chi connectivity index (χ0) is 44.5. The number of esters is 2. The predicted octanol–water partition coefficient (Wildman–Crippen LogP) is 9.25. The second-order valence-electron chi connectivity index (χ2n) is 16.7. The summed E-state index contributed by atoms with van der Waals surface area (Å²) in [4.78, 5) is 23.2. The van der Waals surface area contributed by atoms with Crippen LogP contribution in [0, 0.1) is 0 Å². The van der Waals surface area contributed by atoms with E-state index in [1.165, 1.54) is 37.7 Å². The highest BCUT2D eigenvalue weighted by atomic mass is 16.6. The average molecular weight is 859 g/mol. The first-order valence-electron chi connectivity index (χ1n) is 21.8. The molecule has 7 rings (SSSR count). The van der Waals surface area contributed by atoms with Gasteiger partial charge in [-0.15, -0.1) is 0 Å². The molecular formula is C52H58O11. The third kappa shape index (κ3) is 10.7. The van der Waals surface area contributed by atoms with Crippen LogP contribution in [0.15, 0.2) is 109 Å². The summed E-state index contributed by atoms with van der Waals surface area (Å²) in [6, 6.07) is 29.6. The number of hydrogen-bond donors (Lipinski definition) is 2. The molecule has 332 valence electrons. The SMILES string of the molecule is C=C(C)C(=O)OCC(O)COCCOc1ccc2c3c(ccc2c1)Oc1ccc2cc(OCCOCC(O)COC(=O)C(=C)C)ccc2c1C3(C)c1ccc(C2CCCCC2)cc1. The van der Waals surface area contributed by atoms with Crippen LogP contribution in [0.1, 0.15) is 81.0 Å². The molecule has 5 aromatic rings. The molecule has 63 heavy (non-hydrogen) atoms. The Morgan fingerprint density at radius 1 is 0.651 bits per heavy atom. The lowest BCUT2D eigenvalue weighted by atomic mass is 9.66. The van der Waals surface area contributed by atoms with Crippen LogP contribution in [0.2, 0.25) is 0 Å². The molecule has 1 aliphatic carbocycles. The molecule has 0 bridgehead atoms. The molecule has 5 aromatic carbocycles. The molecule has 0 amide bonds. The lowest BCUT2D eigenvalue weighted by Gasteiger charge is -2.40. The Balaban J connectivity index is 1.11. The summed E-state index contributed by atoms with van der Waals surface area (Å²) < 4.78 is 40.1. The van der Waals surface area contributed by atoms with Crippen LogP contribution in [0.5, 0.6) is 23.0 Å². The largest absolute Gasteiger partial charge is 0.491 e.